The lowest BCUT2D eigenvalue weighted by atomic mass is 10.3. The molecule has 0 aromatic rings. The van der Waals surface area contributed by atoms with E-state index in [1.807, 2.05) is 0 Å². The lowest BCUT2D eigenvalue weighted by Crippen LogP contribution is -2.46. The smallest absolute Gasteiger partial charge is 0.272 e. The maximum atomic E-state index is 12.7. The van der Waals surface area contributed by atoms with Gasteiger partial charge in [0.25, 0.3) is 5.92 Å². The Kier molecular flexibility index (Phi) is 3.37. The minimum Gasteiger partial charge on any atom is -0.379 e. The first-order chi connectivity index (χ1) is 5.64. The van der Waals surface area contributed by atoms with Crippen molar-refractivity contribution in [1.29, 1.82) is 0 Å². The summed E-state index contributed by atoms with van der Waals surface area (Å²) in [6, 6.07) is 0. The molecule has 0 spiro atoms. The van der Waals surface area contributed by atoms with Gasteiger partial charge in [-0.1, -0.05) is 0 Å². The molecule has 72 valence electrons. The Labute approximate surface area is 70.5 Å². The van der Waals surface area contributed by atoms with Gasteiger partial charge in [0.1, 0.15) is 0 Å². The first-order valence-electron chi connectivity index (χ1n) is 4.02. The standard InChI is InChI=1S/C7H14F2N2O/c8-7(9,5-10)6-11-1-3-12-4-2-11/h1-6,10H2. The van der Waals surface area contributed by atoms with Crippen molar-refractivity contribution in [3.8, 4) is 0 Å². The van der Waals surface area contributed by atoms with Crippen molar-refractivity contribution < 1.29 is 13.5 Å². The lowest BCUT2D eigenvalue weighted by Gasteiger charge is -2.29. The molecule has 0 saturated carbocycles. The molecule has 1 aliphatic heterocycles. The van der Waals surface area contributed by atoms with Crippen LogP contribution in [0.1, 0.15) is 0 Å². The van der Waals surface area contributed by atoms with Gasteiger partial charge in [0.15, 0.2) is 0 Å². The summed E-state index contributed by atoms with van der Waals surface area (Å²) in [6.07, 6.45) is 0. The summed E-state index contributed by atoms with van der Waals surface area (Å²) in [7, 11) is 0. The van der Waals surface area contributed by atoms with Gasteiger partial charge in [-0.05, 0) is 0 Å². The van der Waals surface area contributed by atoms with Crippen LogP contribution >= 0.6 is 0 Å². The van der Waals surface area contributed by atoms with E-state index in [0.29, 0.717) is 26.3 Å². The molecular weight excluding hydrogens is 166 g/mol. The molecule has 0 amide bonds. The molecule has 0 atom stereocenters. The van der Waals surface area contributed by atoms with Crippen molar-refractivity contribution >= 4 is 0 Å². The van der Waals surface area contributed by atoms with E-state index in [2.05, 4.69) is 0 Å². The average molecular weight is 180 g/mol. The zero-order valence-electron chi connectivity index (χ0n) is 6.93. The summed E-state index contributed by atoms with van der Waals surface area (Å²) in [5.74, 6) is -2.75. The zero-order chi connectivity index (χ0) is 9.03. The van der Waals surface area contributed by atoms with E-state index in [4.69, 9.17) is 10.5 Å². The van der Waals surface area contributed by atoms with E-state index >= 15 is 0 Å². The summed E-state index contributed by atoms with van der Waals surface area (Å²) < 4.78 is 30.5. The van der Waals surface area contributed by atoms with E-state index in [9.17, 15) is 8.78 Å². The van der Waals surface area contributed by atoms with Crippen LogP contribution in [0, 0.1) is 0 Å². The Bertz CT molecular complexity index is 137. The molecule has 1 fully saturated rings. The predicted octanol–water partition coefficient (Wildman–Crippen LogP) is -0.0874. The highest BCUT2D eigenvalue weighted by molar-refractivity contribution is 4.74. The van der Waals surface area contributed by atoms with E-state index in [1.165, 1.54) is 0 Å². The highest BCUT2D eigenvalue weighted by Gasteiger charge is 2.30. The first kappa shape index (κ1) is 9.83. The van der Waals surface area contributed by atoms with Crippen LogP contribution in [0.15, 0.2) is 0 Å². The Morgan fingerprint density at radius 1 is 1.33 bits per heavy atom. The van der Waals surface area contributed by atoms with Crippen LogP contribution in [0.3, 0.4) is 0 Å². The second-order valence-electron chi connectivity index (χ2n) is 2.95. The number of ether oxygens (including phenoxy) is 1. The topological polar surface area (TPSA) is 38.5 Å². The molecule has 1 heterocycles. The van der Waals surface area contributed by atoms with Crippen molar-refractivity contribution in [2.24, 2.45) is 5.73 Å². The maximum absolute atomic E-state index is 12.7. The van der Waals surface area contributed by atoms with Crippen molar-refractivity contribution in [3.63, 3.8) is 0 Å². The normalized spacial score (nSPS) is 21.2. The van der Waals surface area contributed by atoms with Crippen LogP contribution in [-0.2, 0) is 4.74 Å². The molecule has 0 aliphatic carbocycles. The third-order valence-electron chi connectivity index (χ3n) is 1.86. The zero-order valence-corrected chi connectivity index (χ0v) is 6.93. The quantitative estimate of drug-likeness (QED) is 0.659. The van der Waals surface area contributed by atoms with E-state index in [0.717, 1.165) is 0 Å². The van der Waals surface area contributed by atoms with Crippen LogP contribution in [-0.4, -0.2) is 50.2 Å². The molecule has 5 heteroatoms. The Balaban J connectivity index is 2.28. The fourth-order valence-electron chi connectivity index (χ4n) is 1.15. The number of rotatable bonds is 3. The van der Waals surface area contributed by atoms with E-state index in [-0.39, 0.29) is 6.54 Å². The van der Waals surface area contributed by atoms with Crippen LogP contribution in [0.2, 0.25) is 0 Å². The van der Waals surface area contributed by atoms with Crippen LogP contribution in [0.25, 0.3) is 0 Å². The third kappa shape index (κ3) is 3.00. The van der Waals surface area contributed by atoms with Crippen molar-refractivity contribution in [2.75, 3.05) is 39.4 Å². The Morgan fingerprint density at radius 3 is 2.42 bits per heavy atom. The molecule has 2 N–H and O–H groups in total. The van der Waals surface area contributed by atoms with Crippen LogP contribution in [0.5, 0.6) is 0 Å². The largest absolute Gasteiger partial charge is 0.379 e. The summed E-state index contributed by atoms with van der Waals surface area (Å²) >= 11 is 0. The highest BCUT2D eigenvalue weighted by Crippen LogP contribution is 2.13. The number of alkyl halides is 2. The van der Waals surface area contributed by atoms with Gasteiger partial charge < -0.3 is 10.5 Å². The molecule has 0 radical (unpaired) electrons. The van der Waals surface area contributed by atoms with Gasteiger partial charge in [-0.25, -0.2) is 8.78 Å². The number of nitrogens with two attached hydrogens (primary N) is 1. The third-order valence-corrected chi connectivity index (χ3v) is 1.86. The number of nitrogens with zero attached hydrogens (tertiary/aromatic N) is 1. The fraction of sp³-hybridized carbons (Fsp3) is 1.00. The first-order valence-corrected chi connectivity index (χ1v) is 4.02. The lowest BCUT2D eigenvalue weighted by molar-refractivity contribution is -0.0504. The second-order valence-corrected chi connectivity index (χ2v) is 2.95. The molecule has 1 aliphatic rings. The average Bonchev–Trinajstić information content (AvgIpc) is 2.06. The number of morpholine rings is 1. The molecule has 1 rings (SSSR count). The summed E-state index contributed by atoms with van der Waals surface area (Å²) in [5, 5.41) is 0. The van der Waals surface area contributed by atoms with Gasteiger partial charge in [-0.2, -0.15) is 0 Å². The summed E-state index contributed by atoms with van der Waals surface area (Å²) in [4.78, 5) is 1.68. The number of hydrogen-bond acceptors (Lipinski definition) is 3. The number of halogens is 2. The molecule has 1 saturated heterocycles. The minimum atomic E-state index is -2.75. The number of hydrogen-bond donors (Lipinski definition) is 1. The van der Waals surface area contributed by atoms with E-state index in [1.54, 1.807) is 4.90 Å². The monoisotopic (exact) mass is 180 g/mol. The van der Waals surface area contributed by atoms with Crippen molar-refractivity contribution in [1.82, 2.24) is 4.90 Å². The highest BCUT2D eigenvalue weighted by atomic mass is 19.3. The van der Waals surface area contributed by atoms with E-state index < -0.39 is 12.5 Å². The molecular formula is C7H14F2N2O. The van der Waals surface area contributed by atoms with Gasteiger partial charge in [-0.3, -0.25) is 4.90 Å². The van der Waals surface area contributed by atoms with Crippen LogP contribution in [0.4, 0.5) is 8.78 Å². The Morgan fingerprint density at radius 2 is 1.92 bits per heavy atom. The van der Waals surface area contributed by atoms with Crippen LogP contribution < -0.4 is 5.73 Å². The molecule has 0 aromatic heterocycles. The maximum Gasteiger partial charge on any atom is 0.272 e. The predicted molar refractivity (Wildman–Crippen MR) is 41.3 cm³/mol. The van der Waals surface area contributed by atoms with Gasteiger partial charge in [0.2, 0.25) is 0 Å². The second kappa shape index (κ2) is 4.11. The molecule has 0 unspecified atom stereocenters. The van der Waals surface area contributed by atoms with Gasteiger partial charge >= 0.3 is 0 Å². The summed E-state index contributed by atoms with van der Waals surface area (Å²) in [5.41, 5.74) is 4.92. The van der Waals surface area contributed by atoms with Crippen molar-refractivity contribution in [3.05, 3.63) is 0 Å². The van der Waals surface area contributed by atoms with Gasteiger partial charge in [0.05, 0.1) is 26.3 Å². The minimum absolute atomic E-state index is 0.243. The molecule has 0 aromatic carbocycles. The molecule has 0 bridgehead atoms. The molecule has 12 heavy (non-hydrogen) atoms. The molecule has 3 nitrogen and oxygen atoms in total. The van der Waals surface area contributed by atoms with Gasteiger partial charge in [-0.15, -0.1) is 0 Å². The van der Waals surface area contributed by atoms with Gasteiger partial charge in [0, 0.05) is 13.1 Å². The summed E-state index contributed by atoms with van der Waals surface area (Å²) in [6.45, 7) is 1.42. The van der Waals surface area contributed by atoms with Crippen molar-refractivity contribution in [2.45, 2.75) is 5.92 Å². The SMILES string of the molecule is NCC(F)(F)CN1CCOCC1. The fourth-order valence-corrected chi connectivity index (χ4v) is 1.15. The Hall–Kier alpha value is -0.260.